The van der Waals surface area contributed by atoms with Crippen LogP contribution in [0.4, 0.5) is 0 Å². The first kappa shape index (κ1) is 9.24. The fourth-order valence-electron chi connectivity index (χ4n) is 0.858. The molecule has 0 amide bonds. The first-order valence-electron chi connectivity index (χ1n) is 3.22. The average molecular weight is 186 g/mol. The topological polar surface area (TPSA) is 77.8 Å². The van der Waals surface area contributed by atoms with Gasteiger partial charge < -0.3 is 15.2 Å². The van der Waals surface area contributed by atoms with Crippen molar-refractivity contribution in [3.05, 3.63) is 16.5 Å². The molecule has 0 unspecified atom stereocenters. The Balaban J connectivity index is 3.09. The molecule has 3 N–H and O–H groups in total. The maximum Gasteiger partial charge on any atom is 0.499 e. The molecule has 0 saturated heterocycles. The summed E-state index contributed by atoms with van der Waals surface area (Å²) in [6.07, 6.45) is 0. The smallest absolute Gasteiger partial charge is 0.477 e. The standard InChI is InChI=1S/C6H7BO4S/c1-3-2-4(6(8)9)12-5(3)7(10)11/h2,10-11H,1H3,(H,8,9). The van der Waals surface area contributed by atoms with Gasteiger partial charge in [-0.3, -0.25) is 0 Å². The molecule has 0 fully saturated rings. The minimum absolute atomic E-state index is 0.121. The summed E-state index contributed by atoms with van der Waals surface area (Å²) in [5.74, 6) is -1.05. The zero-order chi connectivity index (χ0) is 9.30. The third-order valence-corrected chi connectivity index (χ3v) is 2.67. The molecule has 0 aliphatic carbocycles. The number of carboxylic acids is 1. The Bertz CT molecular complexity index is 306. The van der Waals surface area contributed by atoms with E-state index in [0.29, 0.717) is 5.56 Å². The van der Waals surface area contributed by atoms with Crippen molar-refractivity contribution in [1.29, 1.82) is 0 Å². The van der Waals surface area contributed by atoms with Crippen LogP contribution < -0.4 is 4.78 Å². The van der Waals surface area contributed by atoms with E-state index in [-0.39, 0.29) is 9.65 Å². The Kier molecular flexibility index (Phi) is 2.51. The third-order valence-electron chi connectivity index (χ3n) is 1.40. The normalized spacial score (nSPS) is 9.92. The van der Waals surface area contributed by atoms with Crippen LogP contribution in [-0.2, 0) is 0 Å². The lowest BCUT2D eigenvalue weighted by molar-refractivity contribution is 0.0702. The number of aryl methyl sites for hydroxylation is 1. The first-order chi connectivity index (χ1) is 5.52. The van der Waals surface area contributed by atoms with E-state index in [9.17, 15) is 4.79 Å². The van der Waals surface area contributed by atoms with Crippen molar-refractivity contribution in [2.45, 2.75) is 6.92 Å². The van der Waals surface area contributed by atoms with Crippen LogP contribution in [0.2, 0.25) is 0 Å². The molecular formula is C6H7BO4S. The van der Waals surface area contributed by atoms with Crippen LogP contribution in [-0.4, -0.2) is 28.2 Å². The average Bonchev–Trinajstić information content (AvgIpc) is 2.30. The van der Waals surface area contributed by atoms with Gasteiger partial charge in [0, 0.05) is 4.78 Å². The Morgan fingerprint density at radius 2 is 2.17 bits per heavy atom. The molecule has 1 aromatic heterocycles. The summed E-state index contributed by atoms with van der Waals surface area (Å²) in [5.41, 5.74) is 0.590. The van der Waals surface area contributed by atoms with Gasteiger partial charge >= 0.3 is 13.1 Å². The second-order valence-electron chi connectivity index (χ2n) is 2.34. The Morgan fingerprint density at radius 3 is 2.42 bits per heavy atom. The molecule has 12 heavy (non-hydrogen) atoms. The first-order valence-corrected chi connectivity index (χ1v) is 4.03. The lowest BCUT2D eigenvalue weighted by Gasteiger charge is -1.93. The molecule has 0 radical (unpaired) electrons. The molecular weight excluding hydrogens is 179 g/mol. The number of carboxylic acid groups (broad SMARTS) is 1. The molecule has 1 rings (SSSR count). The predicted molar refractivity (Wildman–Crippen MR) is 45.8 cm³/mol. The highest BCUT2D eigenvalue weighted by molar-refractivity contribution is 7.23. The van der Waals surface area contributed by atoms with Crippen molar-refractivity contribution in [2.24, 2.45) is 0 Å². The predicted octanol–water partition coefficient (Wildman–Crippen LogP) is -0.565. The number of aromatic carboxylic acids is 1. The van der Waals surface area contributed by atoms with Gasteiger partial charge in [0.05, 0.1) is 0 Å². The molecule has 64 valence electrons. The molecule has 0 atom stereocenters. The van der Waals surface area contributed by atoms with Gasteiger partial charge in [0.2, 0.25) is 0 Å². The zero-order valence-corrected chi connectivity index (χ0v) is 7.13. The van der Waals surface area contributed by atoms with Crippen LogP contribution in [0, 0.1) is 6.92 Å². The monoisotopic (exact) mass is 186 g/mol. The molecule has 6 heteroatoms. The SMILES string of the molecule is Cc1cc(C(=O)O)sc1B(O)O. The van der Waals surface area contributed by atoms with Crippen molar-refractivity contribution in [2.75, 3.05) is 0 Å². The van der Waals surface area contributed by atoms with Crippen molar-refractivity contribution < 1.29 is 19.9 Å². The highest BCUT2D eigenvalue weighted by Crippen LogP contribution is 2.11. The summed E-state index contributed by atoms with van der Waals surface area (Å²) >= 11 is 0.876. The number of hydrogen-bond acceptors (Lipinski definition) is 4. The van der Waals surface area contributed by atoms with Crippen LogP contribution >= 0.6 is 11.3 Å². The minimum atomic E-state index is -1.58. The van der Waals surface area contributed by atoms with E-state index in [1.165, 1.54) is 6.07 Å². The van der Waals surface area contributed by atoms with Crippen LogP contribution in [0.5, 0.6) is 0 Å². The van der Waals surface area contributed by atoms with Crippen LogP contribution in [0.25, 0.3) is 0 Å². The fraction of sp³-hybridized carbons (Fsp3) is 0.167. The highest BCUT2D eigenvalue weighted by atomic mass is 32.1. The quantitative estimate of drug-likeness (QED) is 0.540. The van der Waals surface area contributed by atoms with E-state index in [1.807, 2.05) is 0 Å². The van der Waals surface area contributed by atoms with Gasteiger partial charge in [-0.1, -0.05) is 0 Å². The Morgan fingerprint density at radius 1 is 1.58 bits per heavy atom. The molecule has 0 bridgehead atoms. The summed E-state index contributed by atoms with van der Waals surface area (Å²) < 4.78 is 0.285. The second-order valence-corrected chi connectivity index (χ2v) is 3.42. The minimum Gasteiger partial charge on any atom is -0.477 e. The summed E-state index contributed by atoms with van der Waals surface area (Å²) in [6.45, 7) is 1.64. The molecule has 0 aliphatic heterocycles. The van der Waals surface area contributed by atoms with E-state index < -0.39 is 13.1 Å². The van der Waals surface area contributed by atoms with Gasteiger partial charge in [-0.15, -0.1) is 11.3 Å². The van der Waals surface area contributed by atoms with Gasteiger partial charge in [0.25, 0.3) is 0 Å². The van der Waals surface area contributed by atoms with Crippen molar-refractivity contribution in [3.8, 4) is 0 Å². The number of thiophene rings is 1. The van der Waals surface area contributed by atoms with Crippen molar-refractivity contribution in [1.82, 2.24) is 0 Å². The van der Waals surface area contributed by atoms with E-state index in [2.05, 4.69) is 0 Å². The van der Waals surface area contributed by atoms with E-state index in [1.54, 1.807) is 6.92 Å². The summed E-state index contributed by atoms with van der Waals surface area (Å²) in [4.78, 5) is 10.6. The molecule has 4 nitrogen and oxygen atoms in total. The van der Waals surface area contributed by atoms with Crippen molar-refractivity contribution in [3.63, 3.8) is 0 Å². The molecule has 0 spiro atoms. The zero-order valence-electron chi connectivity index (χ0n) is 6.31. The van der Waals surface area contributed by atoms with E-state index in [4.69, 9.17) is 15.2 Å². The van der Waals surface area contributed by atoms with Gasteiger partial charge in [-0.2, -0.15) is 0 Å². The molecule has 1 aromatic rings. The molecule has 0 aromatic carbocycles. The number of hydrogen-bond donors (Lipinski definition) is 3. The second kappa shape index (κ2) is 3.26. The van der Waals surface area contributed by atoms with E-state index >= 15 is 0 Å². The van der Waals surface area contributed by atoms with Gasteiger partial charge in [0.15, 0.2) is 0 Å². The van der Waals surface area contributed by atoms with E-state index in [0.717, 1.165) is 11.3 Å². The summed E-state index contributed by atoms with van der Waals surface area (Å²) in [6, 6.07) is 1.42. The molecule has 0 saturated carbocycles. The fourth-order valence-corrected chi connectivity index (χ4v) is 1.74. The molecule has 0 aliphatic rings. The number of carbonyl (C=O) groups is 1. The molecule has 1 heterocycles. The van der Waals surface area contributed by atoms with Gasteiger partial charge in [-0.25, -0.2) is 4.79 Å². The van der Waals surface area contributed by atoms with Gasteiger partial charge in [-0.05, 0) is 18.6 Å². The van der Waals surface area contributed by atoms with Crippen molar-refractivity contribution >= 4 is 29.2 Å². The summed E-state index contributed by atoms with van der Waals surface area (Å²) in [7, 11) is -1.58. The van der Waals surface area contributed by atoms with Gasteiger partial charge in [0.1, 0.15) is 4.88 Å². The van der Waals surface area contributed by atoms with Crippen LogP contribution in [0.15, 0.2) is 6.07 Å². The maximum atomic E-state index is 10.4. The lowest BCUT2D eigenvalue weighted by Crippen LogP contribution is -2.28. The Labute approximate surface area is 73.2 Å². The Hall–Kier alpha value is -0.845. The summed E-state index contributed by atoms with van der Waals surface area (Å²) in [5, 5.41) is 26.1. The largest absolute Gasteiger partial charge is 0.499 e. The lowest BCUT2D eigenvalue weighted by atomic mass is 9.87. The highest BCUT2D eigenvalue weighted by Gasteiger charge is 2.19. The maximum absolute atomic E-state index is 10.4. The third kappa shape index (κ3) is 1.66. The number of rotatable bonds is 2. The van der Waals surface area contributed by atoms with Crippen LogP contribution in [0.3, 0.4) is 0 Å². The van der Waals surface area contributed by atoms with Crippen LogP contribution in [0.1, 0.15) is 15.2 Å².